The van der Waals surface area contributed by atoms with Crippen LogP contribution in [-0.4, -0.2) is 26.5 Å². The Labute approximate surface area is 128 Å². The lowest BCUT2D eigenvalue weighted by Crippen LogP contribution is -2.31. The lowest BCUT2D eigenvalue weighted by molar-refractivity contribution is -0.143. The molecule has 22 heavy (non-hydrogen) atoms. The maximum Gasteiger partial charge on any atom is 0.334 e. The van der Waals surface area contributed by atoms with E-state index in [0.717, 1.165) is 24.1 Å². The molecule has 0 radical (unpaired) electrons. The number of rotatable bonds is 4. The summed E-state index contributed by atoms with van der Waals surface area (Å²) in [5, 5.41) is 0. The highest BCUT2D eigenvalue weighted by molar-refractivity contribution is 5.69. The summed E-state index contributed by atoms with van der Waals surface area (Å²) in [6.45, 7) is 2.02. The molecular formula is C16H21N3O3. The first-order chi connectivity index (χ1) is 10.7. The Balaban J connectivity index is 2.03. The van der Waals surface area contributed by atoms with Crippen LogP contribution in [-0.2, 0) is 16.1 Å². The van der Waals surface area contributed by atoms with Gasteiger partial charge in [-0.25, -0.2) is 9.78 Å². The van der Waals surface area contributed by atoms with Gasteiger partial charge in [-0.15, -0.1) is 0 Å². The topological polar surface area (TPSA) is 65.6 Å². The van der Waals surface area contributed by atoms with Crippen LogP contribution >= 0.6 is 0 Å². The third-order valence-electron chi connectivity index (χ3n) is 4.30. The Hall–Kier alpha value is -2.11. The van der Waals surface area contributed by atoms with Crippen molar-refractivity contribution in [2.24, 2.45) is 0 Å². The van der Waals surface area contributed by atoms with Crippen LogP contribution in [0.2, 0.25) is 0 Å². The maximum atomic E-state index is 12.4. The molecule has 6 nitrogen and oxygen atoms in total. The van der Waals surface area contributed by atoms with Crippen molar-refractivity contribution in [2.45, 2.75) is 51.5 Å². The summed E-state index contributed by atoms with van der Waals surface area (Å²) >= 11 is 0. The molecule has 0 aromatic carbocycles. The zero-order valence-electron chi connectivity index (χ0n) is 12.8. The van der Waals surface area contributed by atoms with Crippen molar-refractivity contribution in [1.29, 1.82) is 0 Å². The van der Waals surface area contributed by atoms with Crippen LogP contribution in [0.25, 0.3) is 5.65 Å². The molecule has 0 atom stereocenters. The summed E-state index contributed by atoms with van der Waals surface area (Å²) in [7, 11) is 0. The Morgan fingerprint density at radius 1 is 1.36 bits per heavy atom. The second-order valence-corrected chi connectivity index (χ2v) is 5.76. The average molecular weight is 303 g/mol. The fourth-order valence-corrected chi connectivity index (χ4v) is 3.25. The van der Waals surface area contributed by atoms with Gasteiger partial charge < -0.3 is 4.74 Å². The third-order valence-corrected chi connectivity index (χ3v) is 4.30. The zero-order valence-corrected chi connectivity index (χ0v) is 12.8. The smallest absolute Gasteiger partial charge is 0.334 e. The first-order valence-corrected chi connectivity index (χ1v) is 7.92. The normalized spacial score (nSPS) is 16.0. The van der Waals surface area contributed by atoms with E-state index in [1.807, 2.05) is 0 Å². The number of fused-ring (bicyclic) bond motifs is 1. The summed E-state index contributed by atoms with van der Waals surface area (Å²) in [4.78, 5) is 28.5. The fourth-order valence-electron chi connectivity index (χ4n) is 3.25. The molecule has 1 saturated carbocycles. The van der Waals surface area contributed by atoms with E-state index >= 15 is 0 Å². The van der Waals surface area contributed by atoms with Crippen molar-refractivity contribution in [1.82, 2.24) is 14.0 Å². The number of hydrogen-bond acceptors (Lipinski definition) is 4. The van der Waals surface area contributed by atoms with Crippen LogP contribution in [0.4, 0.5) is 0 Å². The lowest BCUT2D eigenvalue weighted by Gasteiger charge is -2.23. The average Bonchev–Trinajstić information content (AvgIpc) is 3.01. The minimum atomic E-state index is -0.390. The Morgan fingerprint density at radius 2 is 2.14 bits per heavy atom. The molecule has 0 N–H and O–H groups in total. The first kappa shape index (κ1) is 14.8. The second-order valence-electron chi connectivity index (χ2n) is 5.76. The number of aromatic nitrogens is 3. The Bertz CT molecular complexity index is 726. The predicted octanol–water partition coefficient (Wildman–Crippen LogP) is 2.11. The van der Waals surface area contributed by atoms with E-state index in [1.165, 1.54) is 28.2 Å². The molecule has 0 spiro atoms. The van der Waals surface area contributed by atoms with E-state index in [1.54, 1.807) is 25.5 Å². The minimum Gasteiger partial charge on any atom is -0.465 e. The highest BCUT2D eigenvalue weighted by Crippen LogP contribution is 2.33. The van der Waals surface area contributed by atoms with Gasteiger partial charge in [0.15, 0.2) is 0 Å². The van der Waals surface area contributed by atoms with Gasteiger partial charge in [-0.2, -0.15) is 0 Å². The van der Waals surface area contributed by atoms with E-state index in [2.05, 4.69) is 4.98 Å². The standard InChI is InChI=1S/C16H21N3O3/c1-2-22-14(20)11-18-10-13(12-6-4-3-5-7-12)15-17-8-9-19(15)16(18)21/h8-10,12H,2-7,11H2,1H3. The van der Waals surface area contributed by atoms with Crippen LogP contribution in [0.3, 0.4) is 0 Å². The molecule has 118 valence electrons. The molecule has 2 aromatic rings. The molecule has 6 heteroatoms. The van der Waals surface area contributed by atoms with Gasteiger partial charge in [0.1, 0.15) is 12.2 Å². The number of esters is 1. The van der Waals surface area contributed by atoms with Gasteiger partial charge >= 0.3 is 11.7 Å². The quantitative estimate of drug-likeness (QED) is 0.811. The predicted molar refractivity (Wildman–Crippen MR) is 81.9 cm³/mol. The monoisotopic (exact) mass is 303 g/mol. The number of carbonyl (C=O) groups excluding carboxylic acids is 1. The highest BCUT2D eigenvalue weighted by atomic mass is 16.5. The van der Waals surface area contributed by atoms with Gasteiger partial charge in [-0.3, -0.25) is 13.8 Å². The molecule has 0 unspecified atom stereocenters. The lowest BCUT2D eigenvalue weighted by atomic mass is 9.85. The van der Waals surface area contributed by atoms with E-state index in [4.69, 9.17) is 4.74 Å². The second kappa shape index (κ2) is 6.34. The summed E-state index contributed by atoms with van der Waals surface area (Å²) in [5.41, 5.74) is 1.53. The Kier molecular flexibility index (Phi) is 4.27. The minimum absolute atomic E-state index is 0.0550. The fraction of sp³-hybridized carbons (Fsp3) is 0.562. The molecule has 0 amide bonds. The third kappa shape index (κ3) is 2.77. The summed E-state index contributed by atoms with van der Waals surface area (Å²) in [6, 6.07) is 0. The van der Waals surface area contributed by atoms with Gasteiger partial charge in [-0.05, 0) is 25.7 Å². The van der Waals surface area contributed by atoms with E-state index < -0.39 is 5.97 Å². The molecule has 0 aliphatic heterocycles. The highest BCUT2D eigenvalue weighted by Gasteiger charge is 2.21. The molecule has 0 saturated heterocycles. The maximum absolute atomic E-state index is 12.4. The van der Waals surface area contributed by atoms with E-state index in [-0.39, 0.29) is 12.2 Å². The number of nitrogens with zero attached hydrogens (tertiary/aromatic N) is 3. The van der Waals surface area contributed by atoms with Gasteiger partial charge in [0.2, 0.25) is 0 Å². The largest absolute Gasteiger partial charge is 0.465 e. The zero-order chi connectivity index (χ0) is 15.5. The van der Waals surface area contributed by atoms with Crippen LogP contribution < -0.4 is 5.69 Å². The number of imidazole rings is 1. The van der Waals surface area contributed by atoms with Crippen LogP contribution in [0.5, 0.6) is 0 Å². The van der Waals surface area contributed by atoms with Crippen LogP contribution in [0.15, 0.2) is 23.4 Å². The number of carbonyl (C=O) groups is 1. The number of hydrogen-bond donors (Lipinski definition) is 0. The number of ether oxygens (including phenoxy) is 1. The first-order valence-electron chi connectivity index (χ1n) is 7.92. The van der Waals surface area contributed by atoms with Crippen molar-refractivity contribution in [3.05, 3.63) is 34.6 Å². The van der Waals surface area contributed by atoms with Gasteiger partial charge in [0.25, 0.3) is 0 Å². The molecule has 1 fully saturated rings. The molecule has 0 bridgehead atoms. The van der Waals surface area contributed by atoms with Crippen molar-refractivity contribution in [3.63, 3.8) is 0 Å². The summed E-state index contributed by atoms with van der Waals surface area (Å²) < 4.78 is 7.93. The van der Waals surface area contributed by atoms with Crippen molar-refractivity contribution in [2.75, 3.05) is 6.61 Å². The molecular weight excluding hydrogens is 282 g/mol. The molecule has 2 aromatic heterocycles. The Morgan fingerprint density at radius 3 is 2.86 bits per heavy atom. The van der Waals surface area contributed by atoms with E-state index in [9.17, 15) is 9.59 Å². The molecule has 1 aliphatic rings. The van der Waals surface area contributed by atoms with Gasteiger partial charge in [0, 0.05) is 24.2 Å². The van der Waals surface area contributed by atoms with Crippen molar-refractivity contribution < 1.29 is 9.53 Å². The SMILES string of the molecule is CCOC(=O)Cn1cc(C2CCCCC2)c2nccn2c1=O. The van der Waals surface area contributed by atoms with Crippen LogP contribution in [0.1, 0.15) is 50.5 Å². The van der Waals surface area contributed by atoms with Crippen LogP contribution in [0, 0.1) is 0 Å². The van der Waals surface area contributed by atoms with Gasteiger partial charge in [0.05, 0.1) is 6.61 Å². The van der Waals surface area contributed by atoms with E-state index in [0.29, 0.717) is 12.5 Å². The van der Waals surface area contributed by atoms with Crippen molar-refractivity contribution in [3.8, 4) is 0 Å². The summed E-state index contributed by atoms with van der Waals surface area (Å²) in [6.07, 6.45) is 11.0. The molecule has 2 heterocycles. The molecule has 1 aliphatic carbocycles. The van der Waals surface area contributed by atoms with Crippen molar-refractivity contribution >= 4 is 11.6 Å². The summed E-state index contributed by atoms with van der Waals surface area (Å²) in [5.74, 6) is 0.0198. The van der Waals surface area contributed by atoms with Gasteiger partial charge in [-0.1, -0.05) is 19.3 Å². The molecule has 3 rings (SSSR count).